The molecule has 1 N–H and O–H groups in total. The van der Waals surface area contributed by atoms with E-state index in [0.717, 1.165) is 0 Å². The summed E-state index contributed by atoms with van der Waals surface area (Å²) in [5, 5.41) is 0. The number of methoxy groups -OCH3 is 1. The van der Waals surface area contributed by atoms with E-state index in [1.165, 1.54) is 24.5 Å². The number of ether oxygens (including phenoxy) is 3. The Morgan fingerprint density at radius 1 is 1.09 bits per heavy atom. The number of anilines is 1. The second kappa shape index (κ2) is 9.33. The van der Waals surface area contributed by atoms with Crippen LogP contribution in [-0.2, 0) is 21.3 Å². The fourth-order valence-electron chi connectivity index (χ4n) is 3.20. The number of fused-ring (bicyclic) bond motifs is 1. The summed E-state index contributed by atoms with van der Waals surface area (Å²) in [5.74, 6) is 1.29. The number of hydrogen-bond acceptors (Lipinski definition) is 7. The van der Waals surface area contributed by atoms with Crippen LogP contribution in [0.5, 0.6) is 11.5 Å². The second-order valence-electron chi connectivity index (χ2n) is 7.00. The standard InChI is InChI=1S/C22H22N2O7S/c1-28-11-9-24(14-18-5-3-10-29-18)22(25)16-4-2-6-19(12-16)32(26,27)23-17-7-8-20-21(13-17)31-15-30-20/h2-8,10,12-13,23H,9,11,14-15H2,1H3. The zero-order valence-corrected chi connectivity index (χ0v) is 18.1. The van der Waals surface area contributed by atoms with E-state index in [0.29, 0.717) is 36.1 Å². The Bertz CT molecular complexity index is 1190. The van der Waals surface area contributed by atoms with Crippen molar-refractivity contribution >= 4 is 21.6 Å². The molecular weight excluding hydrogens is 436 g/mol. The molecule has 1 aromatic heterocycles. The van der Waals surface area contributed by atoms with E-state index in [1.807, 2.05) is 0 Å². The molecule has 0 unspecified atom stereocenters. The lowest BCUT2D eigenvalue weighted by Gasteiger charge is -2.21. The number of amides is 1. The maximum Gasteiger partial charge on any atom is 0.261 e. The van der Waals surface area contributed by atoms with Crippen LogP contribution in [0.1, 0.15) is 16.1 Å². The summed E-state index contributed by atoms with van der Waals surface area (Å²) in [7, 11) is -2.39. The highest BCUT2D eigenvalue weighted by Gasteiger charge is 2.22. The third kappa shape index (κ3) is 4.87. The molecule has 168 valence electrons. The van der Waals surface area contributed by atoms with Gasteiger partial charge in [-0.2, -0.15) is 0 Å². The van der Waals surface area contributed by atoms with Gasteiger partial charge in [-0.1, -0.05) is 6.07 Å². The number of furan rings is 1. The monoisotopic (exact) mass is 458 g/mol. The number of carbonyl (C=O) groups is 1. The molecular formula is C22H22N2O7S. The van der Waals surface area contributed by atoms with Crippen molar-refractivity contribution in [3.8, 4) is 11.5 Å². The number of nitrogens with one attached hydrogen (secondary N) is 1. The number of hydrogen-bond donors (Lipinski definition) is 1. The quantitative estimate of drug-likeness (QED) is 0.525. The fraction of sp³-hybridized carbons (Fsp3) is 0.227. The van der Waals surface area contributed by atoms with Gasteiger partial charge in [0.25, 0.3) is 15.9 Å². The van der Waals surface area contributed by atoms with Crippen molar-refractivity contribution in [2.45, 2.75) is 11.4 Å². The highest BCUT2D eigenvalue weighted by molar-refractivity contribution is 7.92. The minimum absolute atomic E-state index is 0.0364. The Balaban J connectivity index is 1.55. The van der Waals surface area contributed by atoms with Crippen LogP contribution in [0.15, 0.2) is 70.2 Å². The average molecular weight is 458 g/mol. The molecule has 0 spiro atoms. The van der Waals surface area contributed by atoms with E-state index in [4.69, 9.17) is 18.6 Å². The molecule has 0 radical (unpaired) electrons. The van der Waals surface area contributed by atoms with Crippen LogP contribution in [0.4, 0.5) is 5.69 Å². The Morgan fingerprint density at radius 3 is 2.72 bits per heavy atom. The molecule has 1 aliphatic heterocycles. The van der Waals surface area contributed by atoms with Gasteiger partial charge >= 0.3 is 0 Å². The summed E-state index contributed by atoms with van der Waals surface area (Å²) >= 11 is 0. The van der Waals surface area contributed by atoms with Crippen molar-refractivity contribution in [1.82, 2.24) is 4.90 Å². The fourth-order valence-corrected chi connectivity index (χ4v) is 4.29. The summed E-state index contributed by atoms with van der Waals surface area (Å²) in [4.78, 5) is 14.6. The van der Waals surface area contributed by atoms with Crippen LogP contribution in [0, 0.1) is 0 Å². The summed E-state index contributed by atoms with van der Waals surface area (Å²) in [5.41, 5.74) is 0.562. The van der Waals surface area contributed by atoms with Gasteiger partial charge in [0.05, 0.1) is 30.0 Å². The summed E-state index contributed by atoms with van der Waals surface area (Å²) in [6.45, 7) is 0.980. The van der Waals surface area contributed by atoms with Crippen LogP contribution in [0.3, 0.4) is 0 Å². The molecule has 0 bridgehead atoms. The largest absolute Gasteiger partial charge is 0.467 e. The van der Waals surface area contributed by atoms with Crippen LogP contribution in [0.2, 0.25) is 0 Å². The first-order chi connectivity index (χ1) is 15.5. The Labute approximate surface area is 185 Å². The Hall–Kier alpha value is -3.50. The van der Waals surface area contributed by atoms with Gasteiger partial charge in [0.15, 0.2) is 11.5 Å². The van der Waals surface area contributed by atoms with Gasteiger partial charge in [0.1, 0.15) is 5.76 Å². The van der Waals surface area contributed by atoms with Crippen LogP contribution >= 0.6 is 0 Å². The zero-order valence-electron chi connectivity index (χ0n) is 17.3. The van der Waals surface area contributed by atoms with Gasteiger partial charge in [0.2, 0.25) is 6.79 Å². The van der Waals surface area contributed by atoms with Gasteiger partial charge in [-0.3, -0.25) is 9.52 Å². The van der Waals surface area contributed by atoms with Crippen molar-refractivity contribution in [2.24, 2.45) is 0 Å². The summed E-state index contributed by atoms with van der Waals surface area (Å²) < 4.78 is 49.3. The molecule has 0 aliphatic carbocycles. The molecule has 0 fully saturated rings. The van der Waals surface area contributed by atoms with Gasteiger partial charge in [-0.15, -0.1) is 0 Å². The normalized spacial score (nSPS) is 12.5. The van der Waals surface area contributed by atoms with E-state index in [9.17, 15) is 13.2 Å². The molecule has 0 saturated heterocycles. The molecule has 1 amide bonds. The molecule has 9 nitrogen and oxygen atoms in total. The van der Waals surface area contributed by atoms with Gasteiger partial charge < -0.3 is 23.5 Å². The van der Waals surface area contributed by atoms with Crippen molar-refractivity contribution in [1.29, 1.82) is 0 Å². The van der Waals surface area contributed by atoms with E-state index >= 15 is 0 Å². The van der Waals surface area contributed by atoms with Gasteiger partial charge in [0, 0.05) is 25.3 Å². The number of benzene rings is 2. The molecule has 32 heavy (non-hydrogen) atoms. The lowest BCUT2D eigenvalue weighted by molar-refractivity contribution is 0.0666. The molecule has 2 aromatic carbocycles. The molecule has 0 atom stereocenters. The average Bonchev–Trinajstić information content (AvgIpc) is 3.47. The second-order valence-corrected chi connectivity index (χ2v) is 8.68. The highest BCUT2D eigenvalue weighted by atomic mass is 32.2. The zero-order chi connectivity index (χ0) is 22.6. The highest BCUT2D eigenvalue weighted by Crippen LogP contribution is 2.34. The van der Waals surface area contributed by atoms with Gasteiger partial charge in [-0.25, -0.2) is 8.42 Å². The minimum atomic E-state index is -3.94. The maximum absolute atomic E-state index is 13.1. The Kier molecular flexibility index (Phi) is 6.33. The molecule has 10 heteroatoms. The SMILES string of the molecule is COCCN(Cc1ccco1)C(=O)c1cccc(S(=O)(=O)Nc2ccc3c(c2)OCO3)c1. The van der Waals surface area contributed by atoms with Crippen molar-refractivity contribution in [3.05, 3.63) is 72.2 Å². The topological polar surface area (TPSA) is 107 Å². The third-order valence-electron chi connectivity index (χ3n) is 4.80. The number of sulfonamides is 1. The molecule has 2 heterocycles. The Morgan fingerprint density at radius 2 is 1.94 bits per heavy atom. The van der Waals surface area contributed by atoms with E-state index in [1.54, 1.807) is 48.4 Å². The number of rotatable bonds is 9. The number of nitrogens with zero attached hydrogens (tertiary/aromatic N) is 1. The first-order valence-corrected chi connectivity index (χ1v) is 11.3. The lowest BCUT2D eigenvalue weighted by atomic mass is 10.2. The van der Waals surface area contributed by atoms with Crippen LogP contribution < -0.4 is 14.2 Å². The predicted octanol–water partition coefficient (Wildman–Crippen LogP) is 3.10. The number of carbonyl (C=O) groups excluding carboxylic acids is 1. The van der Waals surface area contributed by atoms with E-state index in [2.05, 4.69) is 4.72 Å². The van der Waals surface area contributed by atoms with Gasteiger partial charge in [-0.05, 0) is 42.5 Å². The molecule has 4 rings (SSSR count). The van der Waals surface area contributed by atoms with Crippen molar-refractivity contribution in [2.75, 3.05) is 31.8 Å². The third-order valence-corrected chi connectivity index (χ3v) is 6.17. The lowest BCUT2D eigenvalue weighted by Crippen LogP contribution is -2.33. The van der Waals surface area contributed by atoms with Crippen molar-refractivity contribution < 1.29 is 31.8 Å². The minimum Gasteiger partial charge on any atom is -0.467 e. The predicted molar refractivity (Wildman–Crippen MR) is 115 cm³/mol. The molecule has 3 aromatic rings. The molecule has 0 saturated carbocycles. The smallest absolute Gasteiger partial charge is 0.261 e. The van der Waals surface area contributed by atoms with E-state index < -0.39 is 10.0 Å². The van der Waals surface area contributed by atoms with Crippen LogP contribution in [-0.4, -0.2) is 46.3 Å². The van der Waals surface area contributed by atoms with Crippen molar-refractivity contribution in [3.63, 3.8) is 0 Å². The maximum atomic E-state index is 13.1. The van der Waals surface area contributed by atoms with Crippen LogP contribution in [0.25, 0.3) is 0 Å². The summed E-state index contributed by atoms with van der Waals surface area (Å²) in [6, 6.07) is 14.1. The summed E-state index contributed by atoms with van der Waals surface area (Å²) in [6.07, 6.45) is 1.53. The first-order valence-electron chi connectivity index (χ1n) is 9.79. The molecule has 1 aliphatic rings. The first kappa shape index (κ1) is 21.7. The van der Waals surface area contributed by atoms with E-state index in [-0.39, 0.29) is 29.7 Å².